The average Bonchev–Trinajstić information content (AvgIpc) is 0.751. The lowest BCUT2D eigenvalue weighted by atomic mass is 10.1. The van der Waals surface area contributed by atoms with Crippen LogP contribution in [0.15, 0.2) is 178 Å². The molecular formula is C90H95Cl5I2N10O13. The number of anilines is 8. The summed E-state index contributed by atoms with van der Waals surface area (Å²) in [5.41, 5.74) is 20.5. The molecule has 0 amide bonds. The molecule has 13 rings (SSSR count). The van der Waals surface area contributed by atoms with Crippen LogP contribution in [0.4, 0.5) is 45.5 Å². The zero-order chi connectivity index (χ0) is 89.2. The fourth-order valence-electron chi connectivity index (χ4n) is 13.0. The topological polar surface area (TPSA) is 296 Å². The monoisotopic (exact) mass is 1950 g/mol. The summed E-state index contributed by atoms with van der Waals surface area (Å²) in [6.07, 6.45) is 0. The van der Waals surface area contributed by atoms with E-state index in [0.29, 0.717) is 115 Å². The Kier molecular flexibility index (Phi) is 35.1. The van der Waals surface area contributed by atoms with E-state index >= 15 is 0 Å². The summed E-state index contributed by atoms with van der Waals surface area (Å²) in [5.74, 6) is -3.42. The molecule has 10 aromatic carbocycles. The second-order valence-corrected chi connectivity index (χ2v) is 32.4. The van der Waals surface area contributed by atoms with Crippen LogP contribution in [-0.2, 0) is 36.9 Å². The van der Waals surface area contributed by atoms with Crippen molar-refractivity contribution in [2.75, 3.05) is 124 Å². The third-order valence-electron chi connectivity index (χ3n) is 18.2. The minimum absolute atomic E-state index is 0.00571. The van der Waals surface area contributed by atoms with Crippen molar-refractivity contribution in [3.63, 3.8) is 0 Å². The van der Waals surface area contributed by atoms with Crippen molar-refractivity contribution >= 4 is 244 Å². The molecule has 0 spiro atoms. The Balaban J connectivity index is 0.000000199. The Morgan fingerprint density at radius 2 is 0.817 bits per heavy atom. The molecular weight excluding hydrogens is 1860 g/mol. The number of nitrogens with zero attached hydrogens (tertiary/aromatic N) is 7. The quantitative estimate of drug-likeness (QED) is 0.0172. The van der Waals surface area contributed by atoms with Gasteiger partial charge in [0, 0.05) is 112 Å². The van der Waals surface area contributed by atoms with Crippen LogP contribution in [0, 0.1) is 38.2 Å². The van der Waals surface area contributed by atoms with Crippen molar-refractivity contribution in [1.82, 2.24) is 14.1 Å². The van der Waals surface area contributed by atoms with Gasteiger partial charge in [-0.2, -0.15) is 0 Å². The highest BCUT2D eigenvalue weighted by molar-refractivity contribution is 14.1. The number of ether oxygens (including phenoxy) is 2. The van der Waals surface area contributed by atoms with Gasteiger partial charge in [-0.1, -0.05) is 123 Å². The minimum atomic E-state index is -0.984. The number of carboxylic acids is 3. The van der Waals surface area contributed by atoms with Crippen LogP contribution in [0.3, 0.4) is 0 Å². The van der Waals surface area contributed by atoms with E-state index in [9.17, 15) is 48.6 Å². The van der Waals surface area contributed by atoms with Gasteiger partial charge in [0.1, 0.15) is 13.1 Å². The number of aromatic nitrogens is 3. The van der Waals surface area contributed by atoms with Gasteiger partial charge in [-0.05, 0) is 220 Å². The largest absolute Gasteiger partial charge is 0.480 e. The number of nitrogen functional groups attached to an aromatic ring is 1. The smallest absolute Gasteiger partial charge is 0.337 e. The van der Waals surface area contributed by atoms with Crippen LogP contribution in [0.2, 0.25) is 25.1 Å². The summed E-state index contributed by atoms with van der Waals surface area (Å²) in [4.78, 5) is 107. The first-order valence-electron chi connectivity index (χ1n) is 37.2. The highest BCUT2D eigenvalue weighted by Gasteiger charge is 2.23. The molecule has 0 saturated heterocycles. The number of esters is 2. The molecule has 0 aliphatic rings. The number of benzene rings is 10. The molecule has 0 fully saturated rings. The van der Waals surface area contributed by atoms with Gasteiger partial charge in [-0.3, -0.25) is 28.8 Å². The van der Waals surface area contributed by atoms with Crippen LogP contribution >= 0.6 is 103 Å². The maximum atomic E-state index is 13.1. The van der Waals surface area contributed by atoms with Crippen LogP contribution in [0.25, 0.3) is 65.4 Å². The van der Waals surface area contributed by atoms with Crippen molar-refractivity contribution in [3.8, 4) is 0 Å². The maximum Gasteiger partial charge on any atom is 0.337 e. The number of aromatic carboxylic acids is 2. The van der Waals surface area contributed by atoms with Crippen molar-refractivity contribution in [3.05, 3.63) is 262 Å². The number of pyridine rings is 3. The van der Waals surface area contributed by atoms with E-state index in [2.05, 4.69) is 37.6 Å². The Morgan fingerprint density at radius 1 is 0.433 bits per heavy atom. The highest BCUT2D eigenvalue weighted by Crippen LogP contribution is 2.39. The van der Waals surface area contributed by atoms with E-state index in [1.807, 2.05) is 231 Å². The predicted molar refractivity (Wildman–Crippen MR) is 514 cm³/mol. The van der Waals surface area contributed by atoms with Crippen LogP contribution in [0.5, 0.6) is 0 Å². The van der Waals surface area contributed by atoms with Crippen molar-refractivity contribution in [2.45, 2.75) is 61.6 Å². The number of nitrogens with two attached hydrogens (primary N) is 1. The number of alkyl halides is 1. The normalized spacial score (nSPS) is 10.6. The van der Waals surface area contributed by atoms with Gasteiger partial charge in [-0.15, -0.1) is 0 Å². The van der Waals surface area contributed by atoms with E-state index in [4.69, 9.17) is 73.6 Å². The number of para-hydroxylation sites is 2. The van der Waals surface area contributed by atoms with E-state index in [1.54, 1.807) is 102 Å². The summed E-state index contributed by atoms with van der Waals surface area (Å²) in [6.45, 7) is 13.8. The molecule has 7 N–H and O–H groups in total. The fraction of sp³-hybridized carbons (Fsp3) is 0.244. The standard InChI is InChI=1S/C20H21ClN2O3.C18H17ClN2O3.C16H17ClN2O2.C16H15ClN2O.C8H9ClIN.C8H9NO2.C4H7IO2/c1-5-26-17(24)11-23-16-10-12(2)6-7-13(16)20(25)14-8-9-15(21)19(18(14)23)22(3)4;1-10-4-5-11-14(8-10)21(9-15(22)23)16-12(18(11)24)6-7-13(19)17(16)20(2)3;1-10-7-8-11(16(20)21)14(9-10)18-13-6-4-5-12(17)15(13)19(2)3;1-9-4-5-10-13(8-9)18-14-11(16(10)20)6-7-12(17)15(14)19(2)3;1-11(2)8-6(9)4-3-5-7(8)10;1-5-2-3-6(8(10)11)7(9)4-5;1-2-7-4(6)3-5/h6-10H,5,11H2,1-4H3;4-8H,9H2,1-3H3,(H,22,23);4-9,18H,1-3H3,(H,20,21);4-8H,1-3H3,(H,18,20);3-5H,1-2H3;2-4H,9H2,1H3,(H,10,11);2-3H2,1H3. The first kappa shape index (κ1) is 96.6. The summed E-state index contributed by atoms with van der Waals surface area (Å²) < 4.78 is 14.8. The molecule has 120 heavy (non-hydrogen) atoms. The first-order valence-corrected chi connectivity index (χ1v) is 41.7. The molecule has 0 bridgehead atoms. The minimum Gasteiger partial charge on any atom is -0.480 e. The number of carboxylic acid groups (broad SMARTS) is 3. The van der Waals surface area contributed by atoms with Crippen molar-refractivity contribution in [1.29, 1.82) is 0 Å². The van der Waals surface area contributed by atoms with E-state index in [0.717, 1.165) is 66.6 Å². The molecule has 0 aliphatic carbocycles. The summed E-state index contributed by atoms with van der Waals surface area (Å²) in [5, 5.41) is 36.9. The number of carbonyl (C=O) groups excluding carboxylic acids is 2. The van der Waals surface area contributed by atoms with E-state index in [1.165, 1.54) is 9.64 Å². The zero-order valence-corrected chi connectivity index (χ0v) is 77.5. The molecule has 3 aromatic heterocycles. The summed E-state index contributed by atoms with van der Waals surface area (Å²) in [6, 6.07) is 48.6. The molecule has 0 aliphatic heterocycles. The number of aromatic amines is 1. The Hall–Kier alpha value is -10.5. The van der Waals surface area contributed by atoms with Gasteiger partial charge in [0.15, 0.2) is 16.3 Å². The second kappa shape index (κ2) is 43.6. The number of halogens is 7. The van der Waals surface area contributed by atoms with Gasteiger partial charge in [0.05, 0.1) is 127 Å². The molecule has 0 radical (unpaired) electrons. The van der Waals surface area contributed by atoms with E-state index < -0.39 is 17.9 Å². The Labute approximate surface area is 747 Å². The van der Waals surface area contributed by atoms with Crippen LogP contribution in [0.1, 0.15) is 62.4 Å². The molecule has 632 valence electrons. The maximum absolute atomic E-state index is 13.1. The lowest BCUT2D eigenvalue weighted by Gasteiger charge is -2.22. The SMILES string of the molecule is CCOC(=O)CI.CCOC(=O)Cn1c2cc(C)ccc2c(=O)c2ccc(Cl)c(N(C)C)c21.CN(C)c1c(Cl)cccc1I.Cc1ccc(C(=O)O)c(N)c1.Cc1ccc(C(=O)O)c(Nc2cccc(Cl)c2N(C)C)c1.Cc1ccc2c(=O)c3ccc(Cl)c(N(C)C)c3[nH]c2c1.Cc1ccc2c(=O)c3ccc(Cl)c(N(C)C)c3n(CC(=O)O)c2c1. The zero-order valence-electron chi connectivity index (χ0n) is 69.4. The van der Waals surface area contributed by atoms with E-state index in [-0.39, 0.29) is 52.4 Å². The first-order chi connectivity index (χ1) is 56.6. The van der Waals surface area contributed by atoms with Gasteiger partial charge in [-0.25, -0.2) is 9.59 Å². The number of nitrogens with one attached hydrogen (secondary N) is 2. The molecule has 0 unspecified atom stereocenters. The Morgan fingerprint density at radius 3 is 1.25 bits per heavy atom. The van der Waals surface area contributed by atoms with Gasteiger partial charge in [0.25, 0.3) is 0 Å². The summed E-state index contributed by atoms with van der Waals surface area (Å²) in [7, 11) is 18.9. The lowest BCUT2D eigenvalue weighted by molar-refractivity contribution is -0.143. The van der Waals surface area contributed by atoms with Gasteiger partial charge in [0.2, 0.25) is 0 Å². The van der Waals surface area contributed by atoms with Crippen molar-refractivity contribution in [2.24, 2.45) is 0 Å². The van der Waals surface area contributed by atoms with Crippen LogP contribution in [-0.4, -0.2) is 147 Å². The van der Waals surface area contributed by atoms with Crippen LogP contribution < -0.4 is 51.8 Å². The van der Waals surface area contributed by atoms with Gasteiger partial charge < -0.3 is 74.5 Å². The average molecular weight is 1960 g/mol. The molecule has 0 atom stereocenters. The summed E-state index contributed by atoms with van der Waals surface area (Å²) >= 11 is 35.5. The molecule has 3 heterocycles. The number of rotatable bonds is 16. The molecule has 0 saturated carbocycles. The molecule has 23 nitrogen and oxygen atoms in total. The predicted octanol–water partition coefficient (Wildman–Crippen LogP) is 20.1. The third-order valence-corrected chi connectivity index (χ3v) is 21.3. The Bertz CT molecular complexity index is 6190. The number of hydrogen-bond donors (Lipinski definition) is 6. The second-order valence-electron chi connectivity index (χ2n) is 28.5. The number of aliphatic carboxylic acids is 1. The number of H-pyrrole nitrogens is 1. The number of aryl methyl sites for hydroxylation is 5. The molecule has 30 heteroatoms. The fourth-order valence-corrected chi connectivity index (χ4v) is 16.0. The number of fused-ring (bicyclic) bond motifs is 6. The lowest BCUT2D eigenvalue weighted by Crippen LogP contribution is -2.21. The van der Waals surface area contributed by atoms with Gasteiger partial charge >= 0.3 is 29.8 Å². The van der Waals surface area contributed by atoms with Crippen molar-refractivity contribution < 1.29 is 48.8 Å². The highest BCUT2D eigenvalue weighted by atomic mass is 127. The number of hydrogen-bond acceptors (Lipinski definition) is 17. The molecule has 13 aromatic rings. The number of carbonyl (C=O) groups is 5. The third kappa shape index (κ3) is 24.0.